The van der Waals surface area contributed by atoms with Gasteiger partial charge in [-0.25, -0.2) is 0 Å². The lowest BCUT2D eigenvalue weighted by Crippen LogP contribution is -2.27. The minimum atomic E-state index is -1.24. The Morgan fingerprint density at radius 2 is 1.38 bits per heavy atom. The van der Waals surface area contributed by atoms with E-state index in [-0.39, 0.29) is 24.1 Å². The summed E-state index contributed by atoms with van der Waals surface area (Å²) < 4.78 is 40.1. The highest BCUT2D eigenvalue weighted by Gasteiger charge is 2.31. The maximum absolute atomic E-state index is 11.1. The molecule has 132 valence electrons. The molecule has 26 heavy (non-hydrogen) atoms. The summed E-state index contributed by atoms with van der Waals surface area (Å²) in [5.41, 5.74) is 1.50. The Kier molecular flexibility index (Phi) is 4.21. The quantitative estimate of drug-likeness (QED) is 0.513. The Bertz CT molecular complexity index is 980. The molecule has 0 amide bonds. The molecule has 1 N–H and O–H groups in total. The van der Waals surface area contributed by atoms with Crippen LogP contribution in [0.1, 0.15) is 36.1 Å². The predicted molar refractivity (Wildman–Crippen MR) is 109 cm³/mol. The van der Waals surface area contributed by atoms with Gasteiger partial charge in [0.05, 0.1) is 13.0 Å². The normalized spacial score (nSPS) is 15.2. The molecule has 3 rings (SSSR count). The van der Waals surface area contributed by atoms with Gasteiger partial charge in [0.25, 0.3) is 0 Å². The first-order chi connectivity index (χ1) is 14.8. The zero-order valence-corrected chi connectivity index (χ0v) is 14.7. The molecule has 0 aromatic heterocycles. The smallest absolute Gasteiger partial charge is 0.0798 e. The second kappa shape index (κ2) is 8.64. The molecular weight excluding hydrogens is 316 g/mol. The van der Waals surface area contributed by atoms with Crippen LogP contribution in [0.5, 0.6) is 0 Å². The van der Waals surface area contributed by atoms with Gasteiger partial charge in [0.15, 0.2) is 0 Å². The Hall–Kier alpha value is -2.64. The van der Waals surface area contributed by atoms with Crippen molar-refractivity contribution in [2.75, 3.05) is 0 Å². The molecule has 1 unspecified atom stereocenters. The Balaban J connectivity index is 2.03. The van der Waals surface area contributed by atoms with E-state index in [0.29, 0.717) is 12.8 Å². The van der Waals surface area contributed by atoms with Gasteiger partial charge in [0, 0.05) is 0 Å². The van der Waals surface area contributed by atoms with E-state index < -0.39 is 29.6 Å². The van der Waals surface area contributed by atoms with Crippen molar-refractivity contribution >= 4 is 0 Å². The van der Waals surface area contributed by atoms with E-state index in [4.69, 9.17) is 6.85 Å². The molecule has 0 aliphatic heterocycles. The lowest BCUT2D eigenvalue weighted by molar-refractivity contribution is 0.118. The number of rotatable bonds is 8. The fraction of sp³-hybridized carbons (Fsp3) is 0.200. The minimum absolute atomic E-state index is 0.0710. The van der Waals surface area contributed by atoms with Crippen molar-refractivity contribution in [1.82, 2.24) is 0 Å². The SMILES string of the molecule is [2H]c1c([2H])c([2H])c(C(O)CC(C=C)(Cc2ccccc2)Cc2ccccc2)c([2H])c1[2H]. The average molecular weight is 348 g/mol. The van der Waals surface area contributed by atoms with Crippen LogP contribution in [0.2, 0.25) is 0 Å². The van der Waals surface area contributed by atoms with Crippen molar-refractivity contribution in [2.45, 2.75) is 25.4 Å². The van der Waals surface area contributed by atoms with Crippen LogP contribution in [-0.4, -0.2) is 5.11 Å². The average Bonchev–Trinajstić information content (AvgIpc) is 2.77. The summed E-state index contributed by atoms with van der Waals surface area (Å²) in [5, 5.41) is 11.1. The van der Waals surface area contributed by atoms with Gasteiger partial charge >= 0.3 is 0 Å². The van der Waals surface area contributed by atoms with Crippen molar-refractivity contribution < 1.29 is 12.0 Å². The molecule has 1 atom stereocenters. The third-order valence-corrected chi connectivity index (χ3v) is 4.68. The number of allylic oxidation sites excluding steroid dienone is 1. The highest BCUT2D eigenvalue weighted by molar-refractivity contribution is 5.25. The molecule has 0 saturated heterocycles. The number of benzene rings is 3. The molecule has 3 aromatic carbocycles. The molecule has 0 bridgehead atoms. The number of aliphatic hydroxyl groups is 1. The zero-order chi connectivity index (χ0) is 22.6. The summed E-state index contributed by atoms with van der Waals surface area (Å²) >= 11 is 0. The van der Waals surface area contributed by atoms with E-state index in [0.717, 1.165) is 11.1 Å². The second-order valence-corrected chi connectivity index (χ2v) is 6.65. The number of hydrogen-bond donors (Lipinski definition) is 1. The van der Waals surface area contributed by atoms with E-state index in [1.165, 1.54) is 0 Å². The summed E-state index contributed by atoms with van der Waals surface area (Å²) in [4.78, 5) is 0. The molecule has 1 nitrogen and oxygen atoms in total. The van der Waals surface area contributed by atoms with Crippen LogP contribution in [0.4, 0.5) is 0 Å². The maximum Gasteiger partial charge on any atom is 0.0798 e. The first-order valence-electron chi connectivity index (χ1n) is 11.2. The van der Waals surface area contributed by atoms with Gasteiger partial charge < -0.3 is 5.11 Å². The topological polar surface area (TPSA) is 20.2 Å². The molecule has 0 radical (unpaired) electrons. The van der Waals surface area contributed by atoms with Crippen molar-refractivity contribution in [3.8, 4) is 0 Å². The van der Waals surface area contributed by atoms with Gasteiger partial charge in [0.2, 0.25) is 0 Å². The molecule has 0 fully saturated rings. The summed E-state index contributed by atoms with van der Waals surface area (Å²) in [5.74, 6) is 0. The third-order valence-electron chi connectivity index (χ3n) is 4.68. The molecule has 0 aliphatic rings. The van der Waals surface area contributed by atoms with Crippen molar-refractivity contribution in [3.05, 3.63) is 120 Å². The molecule has 3 aromatic rings. The van der Waals surface area contributed by atoms with Crippen LogP contribution in [-0.2, 0) is 12.8 Å². The summed E-state index contributed by atoms with van der Waals surface area (Å²) in [6.45, 7) is 4.06. The van der Waals surface area contributed by atoms with Crippen LogP contribution < -0.4 is 0 Å². The van der Waals surface area contributed by atoms with Gasteiger partial charge in [-0.15, -0.1) is 6.58 Å². The van der Waals surface area contributed by atoms with E-state index in [2.05, 4.69) is 6.58 Å². The van der Waals surface area contributed by atoms with Gasteiger partial charge in [0.1, 0.15) is 0 Å². The first kappa shape index (κ1) is 12.7. The number of hydrogen-bond acceptors (Lipinski definition) is 1. The largest absolute Gasteiger partial charge is 0.388 e. The van der Waals surface area contributed by atoms with Gasteiger partial charge in [-0.1, -0.05) is 97.0 Å². The molecule has 0 spiro atoms. The van der Waals surface area contributed by atoms with Crippen LogP contribution in [0.3, 0.4) is 0 Å². The maximum atomic E-state index is 11.1. The van der Waals surface area contributed by atoms with Crippen LogP contribution in [0.25, 0.3) is 0 Å². The Morgan fingerprint density at radius 3 is 1.85 bits per heavy atom. The molecule has 0 aliphatic carbocycles. The fourth-order valence-electron chi connectivity index (χ4n) is 3.35. The lowest BCUT2D eigenvalue weighted by atomic mass is 9.72. The van der Waals surface area contributed by atoms with Crippen LogP contribution in [0.15, 0.2) is 104 Å². The summed E-state index contributed by atoms with van der Waals surface area (Å²) in [6, 6.07) is 17.7. The second-order valence-electron chi connectivity index (χ2n) is 6.65. The standard InChI is InChI=1S/C25H26O/c1-2-25(18-21-12-6-3-7-13-21,19-22-14-8-4-9-15-22)20-24(26)23-16-10-5-11-17-23/h2-17,24,26H,1,18-20H2/i5D,10D,11D,16D,17D. The predicted octanol–water partition coefficient (Wildman–Crippen LogP) is 5.77. The van der Waals surface area contributed by atoms with E-state index in [9.17, 15) is 5.11 Å². The lowest BCUT2D eigenvalue weighted by Gasteiger charge is -2.33. The third kappa shape index (κ3) is 4.71. The highest BCUT2D eigenvalue weighted by atomic mass is 16.3. The zero-order valence-electron chi connectivity index (χ0n) is 19.7. The summed E-state index contributed by atoms with van der Waals surface area (Å²) in [6.07, 6.45) is 1.96. The Labute approximate surface area is 163 Å². The first-order valence-corrected chi connectivity index (χ1v) is 8.74. The summed E-state index contributed by atoms with van der Waals surface area (Å²) in [7, 11) is 0. The van der Waals surface area contributed by atoms with Gasteiger partial charge in [-0.2, -0.15) is 0 Å². The molecule has 1 heteroatoms. The van der Waals surface area contributed by atoms with Crippen molar-refractivity contribution in [2.24, 2.45) is 5.41 Å². The molecular formula is C25H26O. The fourth-order valence-corrected chi connectivity index (χ4v) is 3.35. The van der Waals surface area contributed by atoms with Crippen molar-refractivity contribution in [1.29, 1.82) is 0 Å². The molecule has 0 heterocycles. The monoisotopic (exact) mass is 347 g/mol. The highest BCUT2D eigenvalue weighted by Crippen LogP contribution is 2.38. The van der Waals surface area contributed by atoms with Crippen LogP contribution >= 0.6 is 0 Å². The van der Waals surface area contributed by atoms with E-state index in [1.54, 1.807) is 0 Å². The Morgan fingerprint density at radius 1 is 0.885 bits per heavy atom. The van der Waals surface area contributed by atoms with Crippen molar-refractivity contribution in [3.63, 3.8) is 0 Å². The van der Waals surface area contributed by atoms with E-state index in [1.807, 2.05) is 66.7 Å². The van der Waals surface area contributed by atoms with E-state index >= 15 is 0 Å². The van der Waals surface area contributed by atoms with Crippen LogP contribution in [0, 0.1) is 5.41 Å². The number of aliphatic hydroxyl groups excluding tert-OH is 1. The minimum Gasteiger partial charge on any atom is -0.388 e. The molecule has 0 saturated carbocycles. The van der Waals surface area contributed by atoms with Gasteiger partial charge in [-0.3, -0.25) is 0 Å². The van der Waals surface area contributed by atoms with Gasteiger partial charge in [-0.05, 0) is 41.4 Å².